The van der Waals surface area contributed by atoms with Gasteiger partial charge in [-0.25, -0.2) is 0 Å². The Balaban J connectivity index is 2.04. The van der Waals surface area contributed by atoms with Crippen molar-refractivity contribution in [2.45, 2.75) is 25.6 Å². The summed E-state index contributed by atoms with van der Waals surface area (Å²) in [6.07, 6.45) is -4.94. The molecular formula is C23H21F3N2O2. The Bertz CT molecular complexity index is 1060. The molecule has 4 nitrogen and oxygen atoms in total. The van der Waals surface area contributed by atoms with Crippen LogP contribution >= 0.6 is 0 Å². The number of hydrogen-bond acceptors (Lipinski definition) is 3. The van der Waals surface area contributed by atoms with Crippen molar-refractivity contribution in [1.82, 2.24) is 0 Å². The number of aryl methyl sites for hydroxylation is 2. The first-order valence-electron chi connectivity index (χ1n) is 9.17. The Kier molecular flexibility index (Phi) is 5.59. The number of amides is 1. The lowest BCUT2D eigenvalue weighted by atomic mass is 9.83. The van der Waals surface area contributed by atoms with Gasteiger partial charge in [0.2, 0.25) is 5.60 Å². The molecule has 0 aliphatic heterocycles. The van der Waals surface area contributed by atoms with Crippen LogP contribution in [-0.2, 0) is 5.60 Å². The molecule has 4 N–H and O–H groups in total. The summed E-state index contributed by atoms with van der Waals surface area (Å²) in [6, 6.07) is 15.8. The summed E-state index contributed by atoms with van der Waals surface area (Å²) in [6.45, 7) is 3.15. The zero-order chi connectivity index (χ0) is 22.1. The Morgan fingerprint density at radius 3 is 2.03 bits per heavy atom. The van der Waals surface area contributed by atoms with E-state index in [2.05, 4.69) is 5.32 Å². The zero-order valence-electron chi connectivity index (χ0n) is 16.4. The molecule has 0 heterocycles. The van der Waals surface area contributed by atoms with Gasteiger partial charge < -0.3 is 16.2 Å². The average Bonchev–Trinajstić information content (AvgIpc) is 2.69. The SMILES string of the molecule is Cc1cc(C(O)(c2ccccc2)C(F)(F)F)cc(C)c1NC(=O)c1cccc(N)c1. The molecule has 1 amide bonds. The molecule has 0 saturated carbocycles. The molecule has 0 saturated heterocycles. The van der Waals surface area contributed by atoms with Gasteiger partial charge in [-0.15, -0.1) is 0 Å². The predicted molar refractivity (Wildman–Crippen MR) is 110 cm³/mol. The fourth-order valence-electron chi connectivity index (χ4n) is 3.41. The van der Waals surface area contributed by atoms with Crippen LogP contribution in [0.3, 0.4) is 0 Å². The van der Waals surface area contributed by atoms with Gasteiger partial charge in [0.1, 0.15) is 0 Å². The third-order valence-corrected chi connectivity index (χ3v) is 4.94. The molecular weight excluding hydrogens is 393 g/mol. The van der Waals surface area contributed by atoms with E-state index in [9.17, 15) is 23.1 Å². The van der Waals surface area contributed by atoms with Crippen molar-refractivity contribution >= 4 is 17.3 Å². The molecule has 0 spiro atoms. The molecule has 3 aromatic rings. The van der Waals surface area contributed by atoms with Crippen LogP contribution in [0.1, 0.15) is 32.6 Å². The normalized spacial score (nSPS) is 13.5. The highest BCUT2D eigenvalue weighted by molar-refractivity contribution is 6.05. The second-order valence-corrected chi connectivity index (χ2v) is 7.14. The van der Waals surface area contributed by atoms with E-state index in [4.69, 9.17) is 5.73 Å². The van der Waals surface area contributed by atoms with Gasteiger partial charge in [-0.05, 0) is 54.3 Å². The Morgan fingerprint density at radius 1 is 0.900 bits per heavy atom. The van der Waals surface area contributed by atoms with Crippen LogP contribution in [0, 0.1) is 13.8 Å². The molecule has 0 aromatic heterocycles. The van der Waals surface area contributed by atoms with E-state index in [1.807, 2.05) is 0 Å². The number of benzene rings is 3. The first-order valence-corrected chi connectivity index (χ1v) is 9.17. The van der Waals surface area contributed by atoms with Crippen molar-refractivity contribution in [1.29, 1.82) is 0 Å². The number of anilines is 2. The minimum absolute atomic E-state index is 0.284. The third-order valence-electron chi connectivity index (χ3n) is 4.94. The lowest BCUT2D eigenvalue weighted by Gasteiger charge is -2.32. The number of halogens is 3. The van der Waals surface area contributed by atoms with E-state index in [0.29, 0.717) is 28.1 Å². The zero-order valence-corrected chi connectivity index (χ0v) is 16.4. The molecule has 0 aliphatic rings. The van der Waals surface area contributed by atoms with Crippen molar-refractivity contribution in [2.24, 2.45) is 0 Å². The maximum absolute atomic E-state index is 14.0. The van der Waals surface area contributed by atoms with Gasteiger partial charge in [0.05, 0.1) is 0 Å². The van der Waals surface area contributed by atoms with Crippen LogP contribution in [0.15, 0.2) is 66.7 Å². The van der Waals surface area contributed by atoms with Crippen LogP contribution in [0.5, 0.6) is 0 Å². The summed E-state index contributed by atoms with van der Waals surface area (Å²) in [5.41, 5.74) is 3.82. The fourth-order valence-corrected chi connectivity index (χ4v) is 3.41. The van der Waals surface area contributed by atoms with E-state index < -0.39 is 17.7 Å². The molecule has 0 radical (unpaired) electrons. The first kappa shape index (κ1) is 21.4. The van der Waals surface area contributed by atoms with Gasteiger partial charge in [-0.3, -0.25) is 4.79 Å². The second-order valence-electron chi connectivity index (χ2n) is 7.14. The standard InChI is InChI=1S/C23H21F3N2O2/c1-14-11-18(22(30,23(24,25)26)17-8-4-3-5-9-17)12-15(2)20(14)28-21(29)16-7-6-10-19(27)13-16/h3-13,30H,27H2,1-2H3,(H,28,29). The van der Waals surface area contributed by atoms with Gasteiger partial charge in [-0.1, -0.05) is 48.5 Å². The molecule has 30 heavy (non-hydrogen) atoms. The van der Waals surface area contributed by atoms with Gasteiger partial charge in [0.25, 0.3) is 5.91 Å². The highest BCUT2D eigenvalue weighted by Crippen LogP contribution is 2.45. The van der Waals surface area contributed by atoms with E-state index in [-0.39, 0.29) is 11.1 Å². The molecule has 156 valence electrons. The molecule has 7 heteroatoms. The number of hydrogen-bond donors (Lipinski definition) is 3. The highest BCUT2D eigenvalue weighted by Gasteiger charge is 2.56. The van der Waals surface area contributed by atoms with E-state index in [1.165, 1.54) is 42.5 Å². The van der Waals surface area contributed by atoms with Crippen molar-refractivity contribution in [3.63, 3.8) is 0 Å². The summed E-state index contributed by atoms with van der Waals surface area (Å²) in [5.74, 6) is -0.435. The Labute approximate surface area is 172 Å². The molecule has 0 fully saturated rings. The second kappa shape index (κ2) is 7.84. The van der Waals surface area contributed by atoms with Gasteiger partial charge >= 0.3 is 6.18 Å². The summed E-state index contributed by atoms with van der Waals surface area (Å²) in [4.78, 5) is 12.5. The average molecular weight is 414 g/mol. The molecule has 0 aliphatic carbocycles. The quantitative estimate of drug-likeness (QED) is 0.530. The summed E-state index contributed by atoms with van der Waals surface area (Å²) >= 11 is 0. The number of carbonyl (C=O) groups excluding carboxylic acids is 1. The van der Waals surface area contributed by atoms with Crippen LogP contribution in [-0.4, -0.2) is 17.2 Å². The Hall–Kier alpha value is -3.32. The largest absolute Gasteiger partial charge is 0.425 e. The number of alkyl halides is 3. The van der Waals surface area contributed by atoms with Crippen molar-refractivity contribution in [3.8, 4) is 0 Å². The summed E-state index contributed by atoms with van der Waals surface area (Å²) < 4.78 is 41.9. The topological polar surface area (TPSA) is 75.3 Å². The fraction of sp³-hybridized carbons (Fsp3) is 0.174. The van der Waals surface area contributed by atoms with Crippen LogP contribution in [0.25, 0.3) is 0 Å². The molecule has 0 bridgehead atoms. The Morgan fingerprint density at radius 2 is 1.50 bits per heavy atom. The number of rotatable bonds is 4. The lowest BCUT2D eigenvalue weighted by molar-refractivity contribution is -0.248. The number of carbonyl (C=O) groups is 1. The highest BCUT2D eigenvalue weighted by atomic mass is 19.4. The van der Waals surface area contributed by atoms with Crippen LogP contribution in [0.2, 0.25) is 0 Å². The van der Waals surface area contributed by atoms with Crippen LogP contribution in [0.4, 0.5) is 24.5 Å². The summed E-state index contributed by atoms with van der Waals surface area (Å²) in [5, 5.41) is 13.5. The van der Waals surface area contributed by atoms with Crippen molar-refractivity contribution in [2.75, 3.05) is 11.1 Å². The van der Waals surface area contributed by atoms with E-state index in [1.54, 1.807) is 38.1 Å². The number of aliphatic hydroxyl groups is 1. The molecule has 1 atom stereocenters. The van der Waals surface area contributed by atoms with E-state index in [0.717, 1.165) is 0 Å². The van der Waals surface area contributed by atoms with Crippen molar-refractivity contribution in [3.05, 3.63) is 94.5 Å². The minimum Gasteiger partial charge on any atom is -0.399 e. The number of nitrogens with one attached hydrogen (secondary N) is 1. The maximum Gasteiger partial charge on any atom is 0.425 e. The first-order chi connectivity index (χ1) is 14.0. The van der Waals surface area contributed by atoms with Gasteiger partial charge in [0.15, 0.2) is 0 Å². The minimum atomic E-state index is -4.94. The van der Waals surface area contributed by atoms with Gasteiger partial charge in [0, 0.05) is 16.9 Å². The third kappa shape index (κ3) is 3.89. The smallest absolute Gasteiger partial charge is 0.399 e. The molecule has 3 rings (SSSR count). The number of nitrogen functional groups attached to an aromatic ring is 1. The number of nitrogens with two attached hydrogens (primary N) is 1. The maximum atomic E-state index is 14.0. The molecule has 1 unspecified atom stereocenters. The lowest BCUT2D eigenvalue weighted by Crippen LogP contribution is -2.43. The van der Waals surface area contributed by atoms with Crippen molar-refractivity contribution < 1.29 is 23.1 Å². The van der Waals surface area contributed by atoms with E-state index >= 15 is 0 Å². The monoisotopic (exact) mass is 414 g/mol. The van der Waals surface area contributed by atoms with Crippen LogP contribution < -0.4 is 11.1 Å². The predicted octanol–water partition coefficient (Wildman–Crippen LogP) is 4.94. The molecule has 3 aromatic carbocycles. The summed E-state index contributed by atoms with van der Waals surface area (Å²) in [7, 11) is 0. The van der Waals surface area contributed by atoms with Gasteiger partial charge in [-0.2, -0.15) is 13.2 Å².